The molecule has 4 heteroatoms. The molecule has 0 saturated carbocycles. The van der Waals surface area contributed by atoms with Crippen molar-refractivity contribution in [1.29, 1.82) is 0 Å². The van der Waals surface area contributed by atoms with Gasteiger partial charge in [0.15, 0.2) is 0 Å². The topological polar surface area (TPSA) is 42.1 Å². The van der Waals surface area contributed by atoms with Crippen LogP contribution >= 0.6 is 11.8 Å². The molecule has 2 aromatic rings. The minimum atomic E-state index is 0.525. The van der Waals surface area contributed by atoms with Gasteiger partial charge in [0.05, 0.1) is 11.2 Å². The zero-order chi connectivity index (χ0) is 13.0. The maximum absolute atomic E-state index is 5.84. The van der Waals surface area contributed by atoms with Crippen molar-refractivity contribution >= 4 is 28.4 Å². The lowest BCUT2D eigenvalue weighted by atomic mass is 10.1. The molecule has 1 heterocycles. The zero-order valence-corrected chi connectivity index (χ0v) is 11.7. The Morgan fingerprint density at radius 2 is 2.11 bits per heavy atom. The lowest BCUT2D eigenvalue weighted by molar-refractivity contribution is 0.950. The van der Waals surface area contributed by atoms with E-state index in [4.69, 9.17) is 5.73 Å². The highest BCUT2D eigenvalue weighted by molar-refractivity contribution is 7.98. The molecule has 0 spiro atoms. The summed E-state index contributed by atoms with van der Waals surface area (Å²) >= 11 is 1.85. The normalized spacial score (nSPS) is 10.8. The van der Waals surface area contributed by atoms with Gasteiger partial charge in [0, 0.05) is 43.0 Å². The third-order valence-corrected chi connectivity index (χ3v) is 3.65. The Labute approximate surface area is 112 Å². The van der Waals surface area contributed by atoms with Crippen LogP contribution in [0.2, 0.25) is 0 Å². The summed E-state index contributed by atoms with van der Waals surface area (Å²) in [7, 11) is 2.12. The Morgan fingerprint density at radius 3 is 2.83 bits per heavy atom. The number of nitrogens with zero attached hydrogens (tertiary/aromatic N) is 2. The molecule has 0 radical (unpaired) electrons. The number of hydrogen-bond donors (Lipinski definition) is 1. The third kappa shape index (κ3) is 2.60. The van der Waals surface area contributed by atoms with E-state index in [-0.39, 0.29) is 0 Å². The molecule has 0 atom stereocenters. The summed E-state index contributed by atoms with van der Waals surface area (Å²) in [5, 5.41) is 1.18. The predicted molar refractivity (Wildman–Crippen MR) is 81.3 cm³/mol. The molecular formula is C14H19N3S. The molecule has 0 bridgehead atoms. The molecule has 96 valence electrons. The number of benzene rings is 1. The van der Waals surface area contributed by atoms with Gasteiger partial charge in [0.2, 0.25) is 0 Å². The van der Waals surface area contributed by atoms with E-state index in [2.05, 4.69) is 35.3 Å². The Balaban J connectivity index is 2.50. The van der Waals surface area contributed by atoms with Crippen molar-refractivity contribution in [2.24, 2.45) is 5.73 Å². The first-order valence-corrected chi connectivity index (χ1v) is 7.44. The zero-order valence-electron chi connectivity index (χ0n) is 10.9. The van der Waals surface area contributed by atoms with Gasteiger partial charge < -0.3 is 10.6 Å². The van der Waals surface area contributed by atoms with E-state index < -0.39 is 0 Å². The number of aromatic nitrogens is 1. The van der Waals surface area contributed by atoms with Gasteiger partial charge in [-0.25, -0.2) is 0 Å². The highest BCUT2D eigenvalue weighted by Crippen LogP contribution is 2.28. The van der Waals surface area contributed by atoms with Crippen molar-refractivity contribution in [2.75, 3.05) is 30.5 Å². The average Bonchev–Trinajstić information content (AvgIpc) is 2.43. The van der Waals surface area contributed by atoms with E-state index in [9.17, 15) is 0 Å². The van der Waals surface area contributed by atoms with Crippen molar-refractivity contribution < 1.29 is 0 Å². The number of fused-ring (bicyclic) bond motifs is 1. The maximum atomic E-state index is 5.84. The fraction of sp³-hybridized carbons (Fsp3) is 0.357. The number of nitrogens with two attached hydrogens (primary N) is 1. The first-order chi connectivity index (χ1) is 8.77. The van der Waals surface area contributed by atoms with Crippen molar-refractivity contribution in [3.63, 3.8) is 0 Å². The summed E-state index contributed by atoms with van der Waals surface area (Å²) in [5.74, 6) is 1.11. The fourth-order valence-electron chi connectivity index (χ4n) is 2.11. The number of rotatable bonds is 5. The molecule has 0 aliphatic carbocycles. The maximum Gasteiger partial charge on any atom is 0.0723 e. The summed E-state index contributed by atoms with van der Waals surface area (Å²) in [6.07, 6.45) is 4.02. The molecule has 0 aliphatic heterocycles. The van der Waals surface area contributed by atoms with Gasteiger partial charge in [-0.2, -0.15) is 11.8 Å². The fourth-order valence-corrected chi connectivity index (χ4v) is 2.56. The molecular weight excluding hydrogens is 242 g/mol. The predicted octanol–water partition coefficient (Wildman–Crippen LogP) is 2.49. The number of pyridine rings is 1. The number of hydrogen-bond acceptors (Lipinski definition) is 4. The van der Waals surface area contributed by atoms with Crippen LogP contribution in [0.1, 0.15) is 5.56 Å². The van der Waals surface area contributed by atoms with Crippen LogP contribution in [0.4, 0.5) is 5.69 Å². The van der Waals surface area contributed by atoms with Crippen LogP contribution in [0.3, 0.4) is 0 Å². The lowest BCUT2D eigenvalue weighted by Gasteiger charge is -2.23. The van der Waals surface area contributed by atoms with E-state index in [1.54, 1.807) is 0 Å². The van der Waals surface area contributed by atoms with Crippen molar-refractivity contribution in [3.8, 4) is 0 Å². The van der Waals surface area contributed by atoms with Crippen molar-refractivity contribution in [1.82, 2.24) is 4.98 Å². The summed E-state index contributed by atoms with van der Waals surface area (Å²) in [4.78, 5) is 6.74. The van der Waals surface area contributed by atoms with Crippen LogP contribution in [-0.4, -0.2) is 30.6 Å². The molecule has 0 saturated heterocycles. The molecule has 2 rings (SSSR count). The van der Waals surface area contributed by atoms with E-state index in [1.807, 2.05) is 30.1 Å². The number of anilines is 1. The number of para-hydroxylation sites is 1. The van der Waals surface area contributed by atoms with Crippen LogP contribution in [0.5, 0.6) is 0 Å². The van der Waals surface area contributed by atoms with Gasteiger partial charge in [0.1, 0.15) is 0 Å². The molecule has 0 fully saturated rings. The average molecular weight is 261 g/mol. The minimum Gasteiger partial charge on any atom is -0.373 e. The number of thioether (sulfide) groups is 1. The standard InChI is InChI=1S/C14H19N3S/c1-17(7-8-18-2)14-11(9-15)10-16-13-6-4-3-5-12(13)14/h3-6,10H,7-9,15H2,1-2H3. The molecule has 2 N–H and O–H groups in total. The Kier molecular flexibility index (Phi) is 4.44. The highest BCUT2D eigenvalue weighted by Gasteiger charge is 2.11. The second-order valence-electron chi connectivity index (χ2n) is 4.27. The van der Waals surface area contributed by atoms with Crippen molar-refractivity contribution in [3.05, 3.63) is 36.0 Å². The first kappa shape index (κ1) is 13.2. The SMILES string of the molecule is CSCCN(C)c1c(CN)cnc2ccccc12. The van der Waals surface area contributed by atoms with Gasteiger partial charge >= 0.3 is 0 Å². The monoisotopic (exact) mass is 261 g/mol. The Morgan fingerprint density at radius 1 is 1.33 bits per heavy atom. The molecule has 1 aromatic carbocycles. The van der Waals surface area contributed by atoms with E-state index in [0.717, 1.165) is 23.4 Å². The smallest absolute Gasteiger partial charge is 0.0723 e. The summed E-state index contributed by atoms with van der Waals surface area (Å²) < 4.78 is 0. The van der Waals surface area contributed by atoms with Crippen LogP contribution in [0.25, 0.3) is 10.9 Å². The first-order valence-electron chi connectivity index (χ1n) is 6.04. The third-order valence-electron chi connectivity index (χ3n) is 3.06. The Bertz CT molecular complexity index is 527. The van der Waals surface area contributed by atoms with Crippen LogP contribution in [0.15, 0.2) is 30.5 Å². The molecule has 0 aliphatic rings. The van der Waals surface area contributed by atoms with E-state index in [1.165, 1.54) is 11.1 Å². The van der Waals surface area contributed by atoms with Gasteiger partial charge in [-0.1, -0.05) is 18.2 Å². The largest absolute Gasteiger partial charge is 0.373 e. The van der Waals surface area contributed by atoms with Crippen LogP contribution < -0.4 is 10.6 Å². The summed E-state index contributed by atoms with van der Waals surface area (Å²) in [6, 6.07) is 8.23. The van der Waals surface area contributed by atoms with E-state index in [0.29, 0.717) is 6.54 Å². The summed E-state index contributed by atoms with van der Waals surface area (Å²) in [5.41, 5.74) is 9.19. The van der Waals surface area contributed by atoms with Gasteiger partial charge in [0.25, 0.3) is 0 Å². The highest BCUT2D eigenvalue weighted by atomic mass is 32.2. The quantitative estimate of drug-likeness (QED) is 0.898. The second-order valence-corrected chi connectivity index (χ2v) is 5.25. The lowest BCUT2D eigenvalue weighted by Crippen LogP contribution is -2.22. The molecule has 0 unspecified atom stereocenters. The van der Waals surface area contributed by atoms with Gasteiger partial charge in [-0.05, 0) is 12.3 Å². The second kappa shape index (κ2) is 6.07. The van der Waals surface area contributed by atoms with Gasteiger partial charge in [-0.15, -0.1) is 0 Å². The van der Waals surface area contributed by atoms with E-state index >= 15 is 0 Å². The van der Waals surface area contributed by atoms with Crippen LogP contribution in [0, 0.1) is 0 Å². The summed E-state index contributed by atoms with van der Waals surface area (Å²) in [6.45, 7) is 1.54. The van der Waals surface area contributed by atoms with Crippen molar-refractivity contribution in [2.45, 2.75) is 6.54 Å². The molecule has 1 aromatic heterocycles. The van der Waals surface area contributed by atoms with Crippen LogP contribution in [-0.2, 0) is 6.54 Å². The van der Waals surface area contributed by atoms with Gasteiger partial charge in [-0.3, -0.25) is 4.98 Å². The molecule has 18 heavy (non-hydrogen) atoms. The molecule has 0 amide bonds. The minimum absolute atomic E-state index is 0.525. The Hall–Kier alpha value is -1.26. The molecule has 3 nitrogen and oxygen atoms in total.